The van der Waals surface area contributed by atoms with E-state index in [2.05, 4.69) is 11.1 Å². The van der Waals surface area contributed by atoms with E-state index < -0.39 is 11.7 Å². The molecule has 1 aliphatic carbocycles. The van der Waals surface area contributed by atoms with E-state index in [4.69, 9.17) is 4.74 Å². The summed E-state index contributed by atoms with van der Waals surface area (Å²) in [7, 11) is 0. The number of hydrogen-bond donors (Lipinski definition) is 0. The van der Waals surface area contributed by atoms with Gasteiger partial charge in [-0.2, -0.15) is 18.4 Å². The lowest BCUT2D eigenvalue weighted by Gasteiger charge is -2.27. The third-order valence-electron chi connectivity index (χ3n) is 5.01. The molecule has 10 heteroatoms. The zero-order chi connectivity index (χ0) is 21.2. The molecule has 0 bridgehead atoms. The first kappa shape index (κ1) is 21.3. The van der Waals surface area contributed by atoms with Gasteiger partial charge in [0.05, 0.1) is 19.8 Å². The summed E-state index contributed by atoms with van der Waals surface area (Å²) in [6, 6.07) is 2.06. The fourth-order valence-electron chi connectivity index (χ4n) is 3.42. The molecular formula is C19H21F3N4O2S. The van der Waals surface area contributed by atoms with Crippen LogP contribution in [0.4, 0.5) is 24.1 Å². The number of ether oxygens (including phenoxy) is 1. The van der Waals surface area contributed by atoms with Gasteiger partial charge in [-0.25, -0.2) is 4.98 Å². The highest BCUT2D eigenvalue weighted by molar-refractivity contribution is 7.16. The Labute approximate surface area is 170 Å². The Morgan fingerprint density at radius 3 is 2.69 bits per heavy atom. The van der Waals surface area contributed by atoms with E-state index >= 15 is 0 Å². The van der Waals surface area contributed by atoms with Gasteiger partial charge in [-0.05, 0) is 30.9 Å². The molecule has 0 radical (unpaired) electrons. The largest absolute Gasteiger partial charge is 0.412 e. The van der Waals surface area contributed by atoms with Crippen LogP contribution in [0.25, 0.3) is 0 Å². The van der Waals surface area contributed by atoms with Gasteiger partial charge >= 0.3 is 6.18 Å². The maximum Gasteiger partial charge on any atom is 0.412 e. The Balaban J connectivity index is 1.92. The highest BCUT2D eigenvalue weighted by Gasteiger charge is 2.37. The standard InChI is InChI=1S/C19H21F3N4O2S/c1-12-14(4-3-5-15(12)19(20,21)22)11-26(13(2)27)17-16(10-23)29-18(24-17)25-6-8-28-9-7-25/h4H,3,5-9,11H2,1-2H3. The number of allylic oxidation sites excluding steroid dienone is 2. The second-order valence-corrected chi connectivity index (χ2v) is 7.81. The first-order valence-electron chi connectivity index (χ1n) is 9.20. The molecule has 1 fully saturated rings. The second kappa shape index (κ2) is 8.55. The van der Waals surface area contributed by atoms with Gasteiger partial charge in [0.1, 0.15) is 6.07 Å². The van der Waals surface area contributed by atoms with Gasteiger partial charge in [0.2, 0.25) is 5.91 Å². The monoisotopic (exact) mass is 426 g/mol. The van der Waals surface area contributed by atoms with Gasteiger partial charge in [0.15, 0.2) is 15.8 Å². The van der Waals surface area contributed by atoms with Gasteiger partial charge in [-0.1, -0.05) is 17.4 Å². The van der Waals surface area contributed by atoms with Crippen molar-refractivity contribution in [3.8, 4) is 6.07 Å². The fraction of sp³-hybridized carbons (Fsp3) is 0.526. The van der Waals surface area contributed by atoms with Crippen molar-refractivity contribution in [3.63, 3.8) is 0 Å². The zero-order valence-electron chi connectivity index (χ0n) is 16.2. The number of halogens is 3. The fourth-order valence-corrected chi connectivity index (χ4v) is 4.33. The summed E-state index contributed by atoms with van der Waals surface area (Å²) in [5, 5.41) is 10.1. The number of aromatic nitrogens is 1. The van der Waals surface area contributed by atoms with Crippen LogP contribution < -0.4 is 9.80 Å². The zero-order valence-corrected chi connectivity index (χ0v) is 17.0. The molecule has 0 N–H and O–H groups in total. The van der Waals surface area contributed by atoms with E-state index in [0.717, 1.165) is 0 Å². The summed E-state index contributed by atoms with van der Waals surface area (Å²) in [6.07, 6.45) is -2.48. The number of amides is 1. The van der Waals surface area contributed by atoms with Gasteiger partial charge in [-0.3, -0.25) is 9.69 Å². The number of rotatable bonds is 4. The van der Waals surface area contributed by atoms with Crippen molar-refractivity contribution < 1.29 is 22.7 Å². The highest BCUT2D eigenvalue weighted by atomic mass is 32.1. The van der Waals surface area contributed by atoms with Gasteiger partial charge < -0.3 is 9.64 Å². The average Bonchev–Trinajstić information content (AvgIpc) is 3.10. The van der Waals surface area contributed by atoms with Gasteiger partial charge in [-0.15, -0.1) is 0 Å². The Morgan fingerprint density at radius 1 is 1.41 bits per heavy atom. The Kier molecular flexibility index (Phi) is 6.29. The van der Waals surface area contributed by atoms with Crippen LogP contribution in [0, 0.1) is 11.3 Å². The normalized spacial score (nSPS) is 17.8. The molecule has 3 rings (SSSR count). The van der Waals surface area contributed by atoms with Crippen molar-refractivity contribution in [1.29, 1.82) is 5.26 Å². The molecule has 156 valence electrons. The van der Waals surface area contributed by atoms with Crippen molar-refractivity contribution in [3.05, 3.63) is 27.7 Å². The molecular weight excluding hydrogens is 405 g/mol. The van der Waals surface area contributed by atoms with E-state index in [9.17, 15) is 23.2 Å². The number of thiazole rings is 1. The lowest BCUT2D eigenvalue weighted by atomic mass is 9.91. The topological polar surface area (TPSA) is 69.5 Å². The van der Waals surface area contributed by atoms with E-state index in [0.29, 0.717) is 37.0 Å². The smallest absolute Gasteiger partial charge is 0.378 e. The second-order valence-electron chi connectivity index (χ2n) is 6.83. The van der Waals surface area contributed by atoms with Crippen molar-refractivity contribution in [2.24, 2.45) is 0 Å². The van der Waals surface area contributed by atoms with Crippen LogP contribution in [0.3, 0.4) is 0 Å². The van der Waals surface area contributed by atoms with Gasteiger partial charge in [0.25, 0.3) is 0 Å². The Hall–Kier alpha value is -2.38. The molecule has 0 unspecified atom stereocenters. The maximum absolute atomic E-state index is 13.3. The van der Waals surface area contributed by atoms with Crippen LogP contribution in [0.5, 0.6) is 0 Å². The van der Waals surface area contributed by atoms with Crippen LogP contribution in [0.2, 0.25) is 0 Å². The number of carbonyl (C=O) groups is 1. The predicted molar refractivity (Wildman–Crippen MR) is 104 cm³/mol. The Morgan fingerprint density at radius 2 is 2.10 bits per heavy atom. The third-order valence-corrected chi connectivity index (χ3v) is 6.02. The lowest BCUT2D eigenvalue weighted by Crippen LogP contribution is -2.36. The molecule has 1 aromatic heterocycles. The van der Waals surface area contributed by atoms with E-state index in [1.165, 1.54) is 30.1 Å². The third kappa shape index (κ3) is 4.62. The summed E-state index contributed by atoms with van der Waals surface area (Å²) in [5.41, 5.74) is 0.00650. The first-order chi connectivity index (χ1) is 13.7. The quantitative estimate of drug-likeness (QED) is 0.733. The highest BCUT2D eigenvalue weighted by Crippen LogP contribution is 2.38. The van der Waals surface area contributed by atoms with Crippen LogP contribution >= 0.6 is 11.3 Å². The summed E-state index contributed by atoms with van der Waals surface area (Å²) in [4.78, 5) is 20.4. The molecule has 2 heterocycles. The predicted octanol–water partition coefficient (Wildman–Crippen LogP) is 3.80. The molecule has 1 aromatic rings. The van der Waals surface area contributed by atoms with E-state index in [1.807, 2.05) is 4.90 Å². The first-order valence-corrected chi connectivity index (χ1v) is 10.0. The van der Waals surface area contributed by atoms with E-state index in [1.54, 1.807) is 6.08 Å². The molecule has 2 aliphatic rings. The molecule has 0 atom stereocenters. The van der Waals surface area contributed by atoms with Crippen LogP contribution in [0.1, 0.15) is 31.6 Å². The minimum absolute atomic E-state index is 0.0539. The minimum Gasteiger partial charge on any atom is -0.378 e. The van der Waals surface area contributed by atoms with Crippen molar-refractivity contribution in [1.82, 2.24) is 4.98 Å². The van der Waals surface area contributed by atoms with Crippen LogP contribution in [-0.2, 0) is 9.53 Å². The lowest BCUT2D eigenvalue weighted by molar-refractivity contribution is -0.116. The summed E-state index contributed by atoms with van der Waals surface area (Å²) in [6.45, 7) is 5.04. The summed E-state index contributed by atoms with van der Waals surface area (Å²) < 4.78 is 45.2. The van der Waals surface area contributed by atoms with E-state index in [-0.39, 0.29) is 41.6 Å². The number of alkyl halides is 3. The number of nitriles is 1. The number of hydrogen-bond acceptors (Lipinski definition) is 6. The summed E-state index contributed by atoms with van der Waals surface area (Å²) in [5.74, 6) is -0.188. The molecule has 29 heavy (non-hydrogen) atoms. The molecule has 1 aliphatic heterocycles. The minimum atomic E-state index is -4.40. The average molecular weight is 426 g/mol. The molecule has 1 saturated heterocycles. The molecule has 6 nitrogen and oxygen atoms in total. The number of anilines is 2. The van der Waals surface area contributed by atoms with Crippen LogP contribution in [-0.4, -0.2) is 49.9 Å². The molecule has 1 amide bonds. The molecule has 0 spiro atoms. The van der Waals surface area contributed by atoms with Crippen molar-refractivity contribution in [2.45, 2.75) is 32.9 Å². The number of nitrogens with zero attached hydrogens (tertiary/aromatic N) is 4. The summed E-state index contributed by atoms with van der Waals surface area (Å²) >= 11 is 1.17. The number of carbonyl (C=O) groups excluding carboxylic acids is 1. The van der Waals surface area contributed by atoms with Crippen molar-refractivity contribution in [2.75, 3.05) is 42.6 Å². The number of morpholine rings is 1. The molecule has 0 saturated carbocycles. The maximum atomic E-state index is 13.3. The van der Waals surface area contributed by atoms with Gasteiger partial charge in [0, 0.05) is 25.6 Å². The Bertz CT molecular complexity index is 892. The molecule has 0 aromatic carbocycles. The van der Waals surface area contributed by atoms with Crippen LogP contribution in [0.15, 0.2) is 22.8 Å². The SMILES string of the molecule is CC(=O)N(CC1=CCCC(C(F)(F)F)=C1C)c1nc(N2CCOCC2)sc1C#N. The van der Waals surface area contributed by atoms with Crippen molar-refractivity contribution >= 4 is 28.2 Å².